The Labute approximate surface area is 184 Å². The van der Waals surface area contributed by atoms with Crippen molar-refractivity contribution in [1.29, 1.82) is 5.41 Å². The molecule has 4 atom stereocenters. The van der Waals surface area contributed by atoms with Crippen molar-refractivity contribution in [2.75, 3.05) is 12.3 Å². The van der Waals surface area contributed by atoms with Crippen molar-refractivity contribution in [2.24, 2.45) is 17.2 Å². The molecular formula is C16H30N8O6S. The van der Waals surface area contributed by atoms with E-state index in [1.165, 1.54) is 6.92 Å². The van der Waals surface area contributed by atoms with Crippen LogP contribution in [-0.4, -0.2) is 77.1 Å². The van der Waals surface area contributed by atoms with Gasteiger partial charge in [-0.15, -0.1) is 0 Å². The van der Waals surface area contributed by atoms with Crippen LogP contribution >= 0.6 is 12.6 Å². The topological polar surface area (TPSA) is 256 Å². The van der Waals surface area contributed by atoms with Gasteiger partial charge in [0.15, 0.2) is 5.96 Å². The van der Waals surface area contributed by atoms with Crippen LogP contribution in [0, 0.1) is 5.41 Å². The maximum absolute atomic E-state index is 12.3. The van der Waals surface area contributed by atoms with Gasteiger partial charge in [0, 0.05) is 12.3 Å². The highest BCUT2D eigenvalue weighted by Crippen LogP contribution is 1.99. The van der Waals surface area contributed by atoms with Gasteiger partial charge in [0.05, 0.1) is 12.5 Å². The molecule has 0 aliphatic rings. The second kappa shape index (κ2) is 14.0. The summed E-state index contributed by atoms with van der Waals surface area (Å²) in [5.41, 5.74) is 16.0. The second-order valence-electron chi connectivity index (χ2n) is 6.63. The Hall–Kier alpha value is -3.07. The van der Waals surface area contributed by atoms with Crippen LogP contribution in [0.15, 0.2) is 0 Å². The number of primary amides is 1. The van der Waals surface area contributed by atoms with Crippen molar-refractivity contribution < 1.29 is 29.1 Å². The molecule has 0 unspecified atom stereocenters. The van der Waals surface area contributed by atoms with E-state index in [9.17, 15) is 24.0 Å². The zero-order valence-corrected chi connectivity index (χ0v) is 17.9. The molecule has 0 saturated heterocycles. The number of thiol groups is 1. The number of hydrogen-bond acceptors (Lipinski definition) is 8. The van der Waals surface area contributed by atoms with Crippen LogP contribution < -0.4 is 38.5 Å². The van der Waals surface area contributed by atoms with Gasteiger partial charge in [-0.3, -0.25) is 24.6 Å². The molecule has 4 amide bonds. The molecule has 31 heavy (non-hydrogen) atoms. The number of nitrogens with one attached hydrogen (secondary N) is 5. The fourth-order valence-corrected chi connectivity index (χ4v) is 2.47. The van der Waals surface area contributed by atoms with E-state index in [-0.39, 0.29) is 18.1 Å². The van der Waals surface area contributed by atoms with Gasteiger partial charge in [0.1, 0.15) is 18.1 Å². The van der Waals surface area contributed by atoms with Gasteiger partial charge in [0.25, 0.3) is 0 Å². The highest BCUT2D eigenvalue weighted by atomic mass is 32.1. The molecule has 15 heteroatoms. The normalized spacial score (nSPS) is 14.3. The number of carbonyl (C=O) groups excluding carboxylic acids is 4. The fourth-order valence-electron chi connectivity index (χ4n) is 2.23. The summed E-state index contributed by atoms with van der Waals surface area (Å²) in [6.07, 6.45) is 0.124. The lowest BCUT2D eigenvalue weighted by molar-refractivity contribution is -0.141. The van der Waals surface area contributed by atoms with E-state index in [4.69, 9.17) is 27.7 Å². The molecule has 0 aliphatic heterocycles. The third-order valence-electron chi connectivity index (χ3n) is 3.93. The number of carbonyl (C=O) groups is 5. The molecule has 0 rings (SSSR count). The minimum Gasteiger partial charge on any atom is -0.480 e. The average Bonchev–Trinajstić information content (AvgIpc) is 2.67. The Morgan fingerprint density at radius 3 is 2.06 bits per heavy atom. The monoisotopic (exact) mass is 462 g/mol. The maximum atomic E-state index is 12.3. The Bertz CT molecular complexity index is 691. The number of amides is 4. The number of guanidine groups is 1. The van der Waals surface area contributed by atoms with E-state index >= 15 is 0 Å². The molecule has 12 N–H and O–H groups in total. The molecular weight excluding hydrogens is 432 g/mol. The van der Waals surface area contributed by atoms with E-state index in [0.29, 0.717) is 13.0 Å². The molecule has 176 valence electrons. The molecule has 0 bridgehead atoms. The van der Waals surface area contributed by atoms with Gasteiger partial charge in [0.2, 0.25) is 23.6 Å². The Morgan fingerprint density at radius 2 is 1.58 bits per heavy atom. The Kier molecular flexibility index (Phi) is 12.6. The Morgan fingerprint density at radius 1 is 1.00 bits per heavy atom. The van der Waals surface area contributed by atoms with Crippen molar-refractivity contribution in [3.8, 4) is 0 Å². The predicted molar refractivity (Wildman–Crippen MR) is 114 cm³/mol. The van der Waals surface area contributed by atoms with Gasteiger partial charge in [-0.1, -0.05) is 0 Å². The maximum Gasteiger partial charge on any atom is 0.327 e. The number of nitrogens with two attached hydrogens (primary N) is 3. The van der Waals surface area contributed by atoms with Crippen molar-refractivity contribution in [1.82, 2.24) is 21.3 Å². The fraction of sp³-hybridized carbons (Fsp3) is 0.625. The smallest absolute Gasteiger partial charge is 0.327 e. The standard InChI is InChI=1S/C16H30N8O6S/c1-7(22-13(27)8(17)3-2-4-21-16(19)20)12(26)23-9(5-11(18)25)14(28)24-10(6-31)15(29)30/h7-10,31H,2-6,17H2,1H3,(H2,18,25)(H,22,27)(H,23,26)(H,24,28)(H,29,30)(H4,19,20,21)/t7-,8-,9-,10-/m0/s1. The number of carboxylic acids is 1. The largest absolute Gasteiger partial charge is 0.480 e. The lowest BCUT2D eigenvalue weighted by atomic mass is 10.1. The van der Waals surface area contributed by atoms with Crippen molar-refractivity contribution >= 4 is 48.2 Å². The number of carboxylic acid groups (broad SMARTS) is 1. The lowest BCUT2D eigenvalue weighted by Gasteiger charge is -2.22. The first-order valence-corrected chi connectivity index (χ1v) is 9.88. The predicted octanol–water partition coefficient (Wildman–Crippen LogP) is -4.06. The van der Waals surface area contributed by atoms with Gasteiger partial charge < -0.3 is 43.6 Å². The van der Waals surface area contributed by atoms with E-state index < -0.39 is 60.2 Å². The van der Waals surface area contributed by atoms with Gasteiger partial charge in [-0.05, 0) is 19.8 Å². The Balaban J connectivity index is 4.84. The molecule has 14 nitrogen and oxygen atoms in total. The molecule has 0 heterocycles. The molecule has 0 fully saturated rings. The minimum atomic E-state index is -1.45. The molecule has 0 aromatic heterocycles. The van der Waals surface area contributed by atoms with E-state index in [1.54, 1.807) is 0 Å². The summed E-state index contributed by atoms with van der Waals surface area (Å²) in [5.74, 6) is -5.05. The van der Waals surface area contributed by atoms with Crippen molar-refractivity contribution in [3.05, 3.63) is 0 Å². The molecule has 0 spiro atoms. The molecule has 0 aromatic rings. The summed E-state index contributed by atoms with van der Waals surface area (Å²) in [7, 11) is 0. The van der Waals surface area contributed by atoms with Crippen LogP contribution in [0.4, 0.5) is 0 Å². The van der Waals surface area contributed by atoms with Crippen molar-refractivity contribution in [2.45, 2.75) is 50.4 Å². The summed E-state index contributed by atoms with van der Waals surface area (Å²) in [6, 6.07) is -4.83. The van der Waals surface area contributed by atoms with Crippen LogP contribution in [0.3, 0.4) is 0 Å². The average molecular weight is 463 g/mol. The first kappa shape index (κ1) is 27.9. The second-order valence-corrected chi connectivity index (χ2v) is 7.00. The zero-order valence-electron chi connectivity index (χ0n) is 17.0. The molecule has 0 aromatic carbocycles. The SMILES string of the molecule is C[C@H](NC(=O)[C@@H](N)CCCNC(=N)N)C(=O)N[C@@H](CC(N)=O)C(=O)N[C@@H](CS)C(=O)O. The molecule has 0 radical (unpaired) electrons. The summed E-state index contributed by atoms with van der Waals surface area (Å²) in [6.45, 7) is 1.68. The highest BCUT2D eigenvalue weighted by molar-refractivity contribution is 7.80. The summed E-state index contributed by atoms with van der Waals surface area (Å²) in [4.78, 5) is 59.0. The van der Waals surface area contributed by atoms with E-state index in [1.807, 2.05) is 0 Å². The zero-order chi connectivity index (χ0) is 24.1. The van der Waals surface area contributed by atoms with Crippen LogP contribution in [0.25, 0.3) is 0 Å². The van der Waals surface area contributed by atoms with Crippen LogP contribution in [-0.2, 0) is 24.0 Å². The van der Waals surface area contributed by atoms with Crippen LogP contribution in [0.5, 0.6) is 0 Å². The van der Waals surface area contributed by atoms with Gasteiger partial charge >= 0.3 is 5.97 Å². The first-order valence-electron chi connectivity index (χ1n) is 9.25. The molecule has 0 aliphatic carbocycles. The van der Waals surface area contributed by atoms with Crippen LogP contribution in [0.1, 0.15) is 26.2 Å². The molecule has 0 saturated carbocycles. The first-order chi connectivity index (χ1) is 14.4. The summed E-state index contributed by atoms with van der Waals surface area (Å²) >= 11 is 3.81. The van der Waals surface area contributed by atoms with Gasteiger partial charge in [-0.2, -0.15) is 12.6 Å². The van der Waals surface area contributed by atoms with Crippen LogP contribution in [0.2, 0.25) is 0 Å². The minimum absolute atomic E-state index is 0.207. The van der Waals surface area contributed by atoms with Crippen molar-refractivity contribution in [3.63, 3.8) is 0 Å². The van der Waals surface area contributed by atoms with E-state index in [0.717, 1.165) is 0 Å². The number of hydrogen-bond donors (Lipinski definition) is 10. The third-order valence-corrected chi connectivity index (χ3v) is 4.30. The third kappa shape index (κ3) is 11.6. The summed E-state index contributed by atoms with van der Waals surface area (Å²) < 4.78 is 0. The summed E-state index contributed by atoms with van der Waals surface area (Å²) in [5, 5.41) is 25.3. The van der Waals surface area contributed by atoms with E-state index in [2.05, 4.69) is 33.9 Å². The highest BCUT2D eigenvalue weighted by Gasteiger charge is 2.29. The lowest BCUT2D eigenvalue weighted by Crippen LogP contribution is -2.57. The van der Waals surface area contributed by atoms with Gasteiger partial charge in [-0.25, -0.2) is 4.79 Å². The number of rotatable bonds is 14. The number of aliphatic carboxylic acids is 1. The quantitative estimate of drug-likeness (QED) is 0.0520.